The Morgan fingerprint density at radius 1 is 0.964 bits per heavy atom. The second-order valence-electron chi connectivity index (χ2n) is 6.59. The molecular weight excluding hydrogens is 376 g/mol. The molecular formula is C16H28N4O8. The third-order valence-electron chi connectivity index (χ3n) is 3.58. The Hall–Kier alpha value is -2.73. The summed E-state index contributed by atoms with van der Waals surface area (Å²) < 4.78 is 0. The SMILES string of the molecule is CC(C)CC(NC(=O)CNC(=O)C(CCC(=O)O)NC(=O)C(N)CO)C(=O)O. The first kappa shape index (κ1) is 25.3. The van der Waals surface area contributed by atoms with Crippen LogP contribution in [-0.2, 0) is 24.0 Å². The van der Waals surface area contributed by atoms with Gasteiger partial charge in [0.25, 0.3) is 0 Å². The van der Waals surface area contributed by atoms with Crippen molar-refractivity contribution in [2.45, 2.75) is 51.2 Å². The van der Waals surface area contributed by atoms with Crippen LogP contribution in [0, 0.1) is 5.92 Å². The normalized spacial score (nSPS) is 13.9. The smallest absolute Gasteiger partial charge is 0.326 e. The van der Waals surface area contributed by atoms with Gasteiger partial charge in [-0.1, -0.05) is 13.8 Å². The van der Waals surface area contributed by atoms with Crippen molar-refractivity contribution in [3.8, 4) is 0 Å². The molecule has 0 aromatic rings. The highest BCUT2D eigenvalue weighted by Crippen LogP contribution is 2.05. The maximum atomic E-state index is 12.2. The fourth-order valence-corrected chi connectivity index (χ4v) is 2.13. The molecule has 0 rings (SSSR count). The van der Waals surface area contributed by atoms with E-state index < -0.39 is 67.4 Å². The van der Waals surface area contributed by atoms with Crippen LogP contribution in [0.1, 0.15) is 33.1 Å². The molecule has 0 spiro atoms. The lowest BCUT2D eigenvalue weighted by molar-refractivity contribution is -0.142. The lowest BCUT2D eigenvalue weighted by Crippen LogP contribution is -2.54. The Labute approximate surface area is 161 Å². The summed E-state index contributed by atoms with van der Waals surface area (Å²) >= 11 is 0. The first-order chi connectivity index (χ1) is 13.0. The molecule has 0 aliphatic carbocycles. The molecule has 3 atom stereocenters. The highest BCUT2D eigenvalue weighted by Gasteiger charge is 2.25. The van der Waals surface area contributed by atoms with E-state index in [9.17, 15) is 24.0 Å². The van der Waals surface area contributed by atoms with Crippen LogP contribution in [0.4, 0.5) is 0 Å². The molecule has 160 valence electrons. The van der Waals surface area contributed by atoms with Crippen molar-refractivity contribution in [2.24, 2.45) is 11.7 Å². The maximum absolute atomic E-state index is 12.2. The summed E-state index contributed by atoms with van der Waals surface area (Å²) in [5.74, 6) is -4.85. The van der Waals surface area contributed by atoms with Crippen molar-refractivity contribution in [3.05, 3.63) is 0 Å². The summed E-state index contributed by atoms with van der Waals surface area (Å²) in [6.07, 6.45) is -0.502. The molecule has 0 aliphatic rings. The number of carbonyl (C=O) groups is 5. The molecule has 0 bridgehead atoms. The monoisotopic (exact) mass is 404 g/mol. The minimum atomic E-state index is -1.30. The summed E-state index contributed by atoms with van der Waals surface area (Å²) in [5.41, 5.74) is 5.34. The van der Waals surface area contributed by atoms with E-state index in [0.717, 1.165) is 0 Å². The molecule has 12 heteroatoms. The van der Waals surface area contributed by atoms with Gasteiger partial charge in [-0.2, -0.15) is 0 Å². The first-order valence-electron chi connectivity index (χ1n) is 8.66. The Bertz CT molecular complexity index is 581. The predicted octanol–water partition coefficient (Wildman–Crippen LogP) is -2.61. The van der Waals surface area contributed by atoms with Crippen LogP contribution in [0.2, 0.25) is 0 Å². The minimum absolute atomic E-state index is 0.0161. The van der Waals surface area contributed by atoms with Crippen molar-refractivity contribution in [3.63, 3.8) is 0 Å². The molecule has 12 nitrogen and oxygen atoms in total. The average molecular weight is 404 g/mol. The second kappa shape index (κ2) is 12.6. The molecule has 0 aromatic heterocycles. The van der Waals surface area contributed by atoms with Crippen LogP contribution in [0.5, 0.6) is 0 Å². The largest absolute Gasteiger partial charge is 0.481 e. The number of hydrogen-bond donors (Lipinski definition) is 7. The van der Waals surface area contributed by atoms with E-state index in [4.69, 9.17) is 21.1 Å². The van der Waals surface area contributed by atoms with Crippen LogP contribution in [0.25, 0.3) is 0 Å². The predicted molar refractivity (Wildman–Crippen MR) is 95.9 cm³/mol. The average Bonchev–Trinajstić information content (AvgIpc) is 2.60. The van der Waals surface area contributed by atoms with Gasteiger partial charge in [-0.05, 0) is 18.8 Å². The molecule has 3 unspecified atom stereocenters. The lowest BCUT2D eigenvalue weighted by atomic mass is 10.0. The van der Waals surface area contributed by atoms with E-state index >= 15 is 0 Å². The number of carboxylic acids is 2. The third kappa shape index (κ3) is 10.4. The fourth-order valence-electron chi connectivity index (χ4n) is 2.13. The van der Waals surface area contributed by atoms with Gasteiger partial charge in [-0.25, -0.2) is 4.79 Å². The number of carbonyl (C=O) groups excluding carboxylic acids is 3. The van der Waals surface area contributed by atoms with E-state index in [1.807, 2.05) is 0 Å². The maximum Gasteiger partial charge on any atom is 0.326 e. The zero-order chi connectivity index (χ0) is 21.9. The van der Waals surface area contributed by atoms with Crippen molar-refractivity contribution in [1.82, 2.24) is 16.0 Å². The molecule has 0 aliphatic heterocycles. The lowest BCUT2D eigenvalue weighted by Gasteiger charge is -2.20. The Morgan fingerprint density at radius 2 is 1.57 bits per heavy atom. The zero-order valence-electron chi connectivity index (χ0n) is 15.8. The highest BCUT2D eigenvalue weighted by molar-refractivity contribution is 5.92. The summed E-state index contributed by atoms with van der Waals surface area (Å²) in [4.78, 5) is 57.7. The molecule has 0 aromatic carbocycles. The first-order valence-corrected chi connectivity index (χ1v) is 8.66. The quantitative estimate of drug-likeness (QED) is 0.171. The third-order valence-corrected chi connectivity index (χ3v) is 3.58. The molecule has 0 radical (unpaired) electrons. The summed E-state index contributed by atoms with van der Waals surface area (Å²) in [6.45, 7) is 2.34. The summed E-state index contributed by atoms with van der Waals surface area (Å²) in [6, 6.07) is -3.70. The van der Waals surface area contributed by atoms with Crippen LogP contribution in [0.15, 0.2) is 0 Å². The number of hydrogen-bond acceptors (Lipinski definition) is 7. The second-order valence-corrected chi connectivity index (χ2v) is 6.59. The number of nitrogens with one attached hydrogen (secondary N) is 3. The van der Waals surface area contributed by atoms with Gasteiger partial charge in [0.2, 0.25) is 17.7 Å². The number of aliphatic carboxylic acids is 2. The Morgan fingerprint density at radius 3 is 2.04 bits per heavy atom. The number of amides is 3. The molecule has 0 heterocycles. The van der Waals surface area contributed by atoms with E-state index in [2.05, 4.69) is 16.0 Å². The van der Waals surface area contributed by atoms with Crippen LogP contribution >= 0.6 is 0 Å². The van der Waals surface area contributed by atoms with Gasteiger partial charge >= 0.3 is 11.9 Å². The zero-order valence-corrected chi connectivity index (χ0v) is 15.8. The summed E-state index contributed by atoms with van der Waals surface area (Å²) in [7, 11) is 0. The van der Waals surface area contributed by atoms with Gasteiger partial charge in [-0.15, -0.1) is 0 Å². The number of rotatable bonds is 13. The van der Waals surface area contributed by atoms with Crippen molar-refractivity contribution in [2.75, 3.05) is 13.2 Å². The Balaban J connectivity index is 4.82. The van der Waals surface area contributed by atoms with E-state index in [1.165, 1.54) is 0 Å². The number of aliphatic hydroxyl groups is 1. The number of nitrogens with two attached hydrogens (primary N) is 1. The molecule has 8 N–H and O–H groups in total. The van der Waals surface area contributed by atoms with E-state index in [0.29, 0.717) is 0 Å². The van der Waals surface area contributed by atoms with E-state index in [-0.39, 0.29) is 18.8 Å². The minimum Gasteiger partial charge on any atom is -0.481 e. The van der Waals surface area contributed by atoms with Gasteiger partial charge in [-0.3, -0.25) is 19.2 Å². The summed E-state index contributed by atoms with van der Waals surface area (Å²) in [5, 5.41) is 33.4. The fraction of sp³-hybridized carbons (Fsp3) is 0.688. The van der Waals surface area contributed by atoms with Gasteiger partial charge in [0.15, 0.2) is 0 Å². The molecule has 0 saturated carbocycles. The van der Waals surface area contributed by atoms with Crippen LogP contribution in [-0.4, -0.2) is 76.3 Å². The molecule has 3 amide bonds. The van der Waals surface area contributed by atoms with Crippen LogP contribution < -0.4 is 21.7 Å². The molecule has 0 fully saturated rings. The van der Waals surface area contributed by atoms with E-state index in [1.54, 1.807) is 13.8 Å². The standard InChI is InChI=1S/C16H28N4O8/c1-8(2)5-11(16(27)28)19-12(22)6-18-15(26)10(3-4-13(23)24)20-14(25)9(17)7-21/h8-11,21H,3-7,17H2,1-2H3,(H,18,26)(H,19,22)(H,20,25)(H,23,24)(H,27,28). The van der Waals surface area contributed by atoms with Crippen LogP contribution in [0.3, 0.4) is 0 Å². The number of carboxylic acid groups (broad SMARTS) is 2. The van der Waals surface area contributed by atoms with Gasteiger partial charge in [0, 0.05) is 6.42 Å². The highest BCUT2D eigenvalue weighted by atomic mass is 16.4. The van der Waals surface area contributed by atoms with Gasteiger partial charge < -0.3 is 37.0 Å². The topological polar surface area (TPSA) is 208 Å². The van der Waals surface area contributed by atoms with Gasteiger partial charge in [0.05, 0.1) is 13.2 Å². The van der Waals surface area contributed by atoms with Gasteiger partial charge in [0.1, 0.15) is 18.1 Å². The number of aliphatic hydroxyl groups excluding tert-OH is 1. The van der Waals surface area contributed by atoms with Crippen molar-refractivity contribution >= 4 is 29.7 Å². The Kier molecular flexibility index (Phi) is 11.4. The van der Waals surface area contributed by atoms with Crippen molar-refractivity contribution < 1.29 is 39.3 Å². The molecule has 28 heavy (non-hydrogen) atoms. The molecule has 0 saturated heterocycles. The van der Waals surface area contributed by atoms with Crippen molar-refractivity contribution in [1.29, 1.82) is 0 Å².